The van der Waals surface area contributed by atoms with Gasteiger partial charge in [0, 0.05) is 0 Å². The first-order chi connectivity index (χ1) is 9.42. The molecular formula is C16H24N2O2S. The molecule has 0 radical (unpaired) electrons. The lowest BCUT2D eigenvalue weighted by atomic mass is 9.87. The van der Waals surface area contributed by atoms with E-state index in [-0.39, 0.29) is 16.2 Å². The number of nitrogens with one attached hydrogen (secondary N) is 1. The average molecular weight is 308 g/mol. The van der Waals surface area contributed by atoms with Crippen molar-refractivity contribution in [3.63, 3.8) is 0 Å². The predicted molar refractivity (Wildman–Crippen MR) is 84.3 cm³/mol. The maximum absolute atomic E-state index is 12.4. The summed E-state index contributed by atoms with van der Waals surface area (Å²) >= 11 is 0. The van der Waals surface area contributed by atoms with E-state index in [0.717, 1.165) is 5.56 Å². The topological polar surface area (TPSA) is 70.0 Å². The number of nitrogens with zero attached hydrogens (tertiary/aromatic N) is 1. The van der Waals surface area contributed by atoms with Gasteiger partial charge in [-0.05, 0) is 36.0 Å². The van der Waals surface area contributed by atoms with Gasteiger partial charge in [-0.1, -0.05) is 46.8 Å². The fourth-order valence-corrected chi connectivity index (χ4v) is 3.19. The van der Waals surface area contributed by atoms with Gasteiger partial charge < -0.3 is 0 Å². The van der Waals surface area contributed by atoms with Crippen LogP contribution in [0.5, 0.6) is 0 Å². The Morgan fingerprint density at radius 1 is 1.10 bits per heavy atom. The van der Waals surface area contributed by atoms with Gasteiger partial charge in [0.25, 0.3) is 0 Å². The van der Waals surface area contributed by atoms with Gasteiger partial charge in [0.1, 0.15) is 5.54 Å². The minimum atomic E-state index is -3.71. The van der Waals surface area contributed by atoms with Crippen molar-refractivity contribution in [3.05, 3.63) is 29.8 Å². The Balaban J connectivity index is 3.13. The quantitative estimate of drug-likeness (QED) is 0.928. The van der Waals surface area contributed by atoms with E-state index in [4.69, 9.17) is 0 Å². The van der Waals surface area contributed by atoms with Crippen LogP contribution in [-0.4, -0.2) is 14.0 Å². The molecular weight excluding hydrogens is 284 g/mol. The van der Waals surface area contributed by atoms with Crippen LogP contribution < -0.4 is 4.72 Å². The highest BCUT2D eigenvalue weighted by Crippen LogP contribution is 2.24. The maximum atomic E-state index is 12.4. The zero-order valence-electron chi connectivity index (χ0n) is 13.6. The number of hydrogen-bond acceptors (Lipinski definition) is 3. The minimum Gasteiger partial charge on any atom is -0.207 e. The molecule has 1 aromatic carbocycles. The lowest BCUT2D eigenvalue weighted by Crippen LogP contribution is -2.48. The van der Waals surface area contributed by atoms with Crippen molar-refractivity contribution in [2.45, 2.75) is 57.4 Å². The highest BCUT2D eigenvalue weighted by Gasteiger charge is 2.33. The van der Waals surface area contributed by atoms with Gasteiger partial charge >= 0.3 is 0 Å². The molecule has 0 amide bonds. The van der Waals surface area contributed by atoms with E-state index in [1.807, 2.05) is 32.0 Å². The standard InChI is InChI=1S/C16H24N2O2S/c1-12(2)16(6,11-17)18-21(19,20)14-9-7-13(8-10-14)15(3,4)5/h7-10,12,18H,1-6H3/t16-/m0/s1. The third-order valence-electron chi connectivity index (χ3n) is 3.76. The average Bonchev–Trinajstić information content (AvgIpc) is 2.37. The summed E-state index contributed by atoms with van der Waals surface area (Å²) < 4.78 is 27.3. The molecule has 1 rings (SSSR count). The van der Waals surface area contributed by atoms with E-state index < -0.39 is 15.6 Å². The molecule has 0 aliphatic carbocycles. The molecule has 1 aromatic rings. The van der Waals surface area contributed by atoms with E-state index >= 15 is 0 Å². The summed E-state index contributed by atoms with van der Waals surface area (Å²) in [6.07, 6.45) is 0. The highest BCUT2D eigenvalue weighted by molar-refractivity contribution is 7.89. The molecule has 0 fully saturated rings. The maximum Gasteiger partial charge on any atom is 0.241 e. The van der Waals surface area contributed by atoms with E-state index in [1.54, 1.807) is 19.1 Å². The second-order valence-corrected chi connectivity index (χ2v) is 8.53. The number of sulfonamides is 1. The van der Waals surface area contributed by atoms with Crippen LogP contribution >= 0.6 is 0 Å². The molecule has 0 saturated heterocycles. The van der Waals surface area contributed by atoms with E-state index in [1.165, 1.54) is 0 Å². The van der Waals surface area contributed by atoms with Crippen molar-refractivity contribution < 1.29 is 8.42 Å². The van der Waals surface area contributed by atoms with Crippen LogP contribution in [0.4, 0.5) is 0 Å². The van der Waals surface area contributed by atoms with Crippen molar-refractivity contribution in [2.24, 2.45) is 5.92 Å². The largest absolute Gasteiger partial charge is 0.241 e. The van der Waals surface area contributed by atoms with Crippen LogP contribution in [-0.2, 0) is 15.4 Å². The highest BCUT2D eigenvalue weighted by atomic mass is 32.2. The van der Waals surface area contributed by atoms with Gasteiger partial charge in [0.2, 0.25) is 10.0 Å². The molecule has 0 aromatic heterocycles. The van der Waals surface area contributed by atoms with Crippen LogP contribution in [0.3, 0.4) is 0 Å². The SMILES string of the molecule is CC(C)[C@](C)(C#N)NS(=O)(=O)c1ccc(C(C)(C)C)cc1. The van der Waals surface area contributed by atoms with Gasteiger partial charge in [-0.15, -0.1) is 0 Å². The minimum absolute atomic E-state index is 0.0329. The smallest absolute Gasteiger partial charge is 0.207 e. The fraction of sp³-hybridized carbons (Fsp3) is 0.562. The first-order valence-corrected chi connectivity index (χ1v) is 8.46. The summed E-state index contributed by atoms with van der Waals surface area (Å²) in [5, 5.41) is 9.24. The zero-order valence-corrected chi connectivity index (χ0v) is 14.4. The fourth-order valence-electron chi connectivity index (χ4n) is 1.74. The number of nitriles is 1. The van der Waals surface area contributed by atoms with Crippen molar-refractivity contribution in [1.29, 1.82) is 5.26 Å². The third-order valence-corrected chi connectivity index (χ3v) is 5.35. The van der Waals surface area contributed by atoms with Crippen molar-refractivity contribution in [3.8, 4) is 6.07 Å². The Morgan fingerprint density at radius 3 is 1.90 bits per heavy atom. The summed E-state index contributed by atoms with van der Waals surface area (Å²) in [7, 11) is -3.71. The molecule has 1 N–H and O–H groups in total. The molecule has 21 heavy (non-hydrogen) atoms. The third kappa shape index (κ3) is 4.05. The Kier molecular flexibility index (Phi) is 4.87. The summed E-state index contributed by atoms with van der Waals surface area (Å²) in [6.45, 7) is 11.4. The van der Waals surface area contributed by atoms with Gasteiger partial charge in [-0.25, -0.2) is 8.42 Å². The van der Waals surface area contributed by atoms with E-state index in [0.29, 0.717) is 0 Å². The van der Waals surface area contributed by atoms with Crippen LogP contribution in [0.15, 0.2) is 29.2 Å². The molecule has 0 heterocycles. The molecule has 0 aliphatic rings. The lowest BCUT2D eigenvalue weighted by molar-refractivity contribution is 0.389. The molecule has 1 atom stereocenters. The van der Waals surface area contributed by atoms with E-state index in [9.17, 15) is 13.7 Å². The predicted octanol–water partition coefficient (Wildman–Crippen LogP) is 3.20. The summed E-state index contributed by atoms with van der Waals surface area (Å²) in [4.78, 5) is 0.178. The van der Waals surface area contributed by atoms with Crippen LogP contribution in [0, 0.1) is 17.2 Å². The Labute approximate surface area is 128 Å². The molecule has 0 unspecified atom stereocenters. The van der Waals surface area contributed by atoms with Crippen molar-refractivity contribution in [2.75, 3.05) is 0 Å². The summed E-state index contributed by atoms with van der Waals surface area (Å²) in [5.74, 6) is -0.133. The molecule has 5 heteroatoms. The summed E-state index contributed by atoms with van der Waals surface area (Å²) in [5.41, 5.74) is -0.0931. The van der Waals surface area contributed by atoms with Crippen molar-refractivity contribution in [1.82, 2.24) is 4.72 Å². The van der Waals surface area contributed by atoms with Crippen LogP contribution in [0.2, 0.25) is 0 Å². The molecule has 116 valence electrons. The number of hydrogen-bond donors (Lipinski definition) is 1. The molecule has 4 nitrogen and oxygen atoms in total. The molecule has 0 bridgehead atoms. The molecule has 0 saturated carbocycles. The second-order valence-electron chi connectivity index (χ2n) is 6.85. The van der Waals surface area contributed by atoms with Crippen molar-refractivity contribution >= 4 is 10.0 Å². The lowest BCUT2D eigenvalue weighted by Gasteiger charge is -2.27. The zero-order chi connectivity index (χ0) is 16.5. The first kappa shape index (κ1) is 17.7. The molecule has 0 aliphatic heterocycles. The Morgan fingerprint density at radius 2 is 1.57 bits per heavy atom. The van der Waals surface area contributed by atoms with Crippen LogP contribution in [0.25, 0.3) is 0 Å². The Bertz CT molecular complexity index is 634. The van der Waals surface area contributed by atoms with Gasteiger partial charge in [0.15, 0.2) is 0 Å². The second kappa shape index (κ2) is 5.78. The van der Waals surface area contributed by atoms with Crippen LogP contribution in [0.1, 0.15) is 47.1 Å². The Hall–Kier alpha value is -1.38. The normalized spacial score (nSPS) is 15.5. The monoisotopic (exact) mass is 308 g/mol. The number of rotatable bonds is 4. The first-order valence-electron chi connectivity index (χ1n) is 6.98. The number of benzene rings is 1. The van der Waals surface area contributed by atoms with Gasteiger partial charge in [-0.3, -0.25) is 0 Å². The van der Waals surface area contributed by atoms with E-state index in [2.05, 4.69) is 25.5 Å². The molecule has 0 spiro atoms. The summed E-state index contributed by atoms with van der Waals surface area (Å²) in [6, 6.07) is 8.84. The van der Waals surface area contributed by atoms with Gasteiger partial charge in [0.05, 0.1) is 11.0 Å². The van der Waals surface area contributed by atoms with Gasteiger partial charge in [-0.2, -0.15) is 9.98 Å².